The highest BCUT2D eigenvalue weighted by molar-refractivity contribution is 9.10. The fraction of sp³-hybridized carbons (Fsp3) is 0. The predicted octanol–water partition coefficient (Wildman–Crippen LogP) is 5.82. The van der Waals surface area contributed by atoms with Crippen molar-refractivity contribution in [3.05, 3.63) is 57.5 Å². The number of hydrogen-bond acceptors (Lipinski definition) is 3. The Morgan fingerprint density at radius 1 is 0.789 bits per heavy atom. The third-order valence-electron chi connectivity index (χ3n) is 2.07. The summed E-state index contributed by atoms with van der Waals surface area (Å²) in [4.78, 5) is 0. The molecule has 2 nitrogen and oxygen atoms in total. The number of halogens is 2. The van der Waals surface area contributed by atoms with E-state index in [9.17, 15) is 0 Å². The first kappa shape index (κ1) is 15.4. The molecule has 0 fully saturated rings. The predicted molar refractivity (Wildman–Crippen MR) is 92.8 cm³/mol. The normalized spacial score (nSPS) is 11.1. The Labute approximate surface area is 139 Å². The third kappa shape index (κ3) is 5.12. The van der Waals surface area contributed by atoms with Gasteiger partial charge in [-0.05, 0) is 60.3 Å². The molecule has 2 aromatic rings. The molecule has 0 aliphatic carbocycles. The van der Waals surface area contributed by atoms with Crippen molar-refractivity contribution in [3.63, 3.8) is 0 Å². The molecule has 0 radical (unpaired) electrons. The molecule has 7 heteroatoms. The molecule has 0 aliphatic rings. The number of thiol groups is 1. The van der Waals surface area contributed by atoms with Crippen LogP contribution in [-0.4, -0.2) is 0 Å². The van der Waals surface area contributed by atoms with Gasteiger partial charge < -0.3 is 9.05 Å². The Bertz CT molecular complexity index is 551. The first-order valence-corrected chi connectivity index (χ1v) is 10.6. The van der Waals surface area contributed by atoms with Gasteiger partial charge in [-0.15, -0.1) is 0 Å². The first-order chi connectivity index (χ1) is 8.94. The quantitative estimate of drug-likeness (QED) is 0.478. The van der Waals surface area contributed by atoms with Crippen LogP contribution in [0.1, 0.15) is 0 Å². The number of benzene rings is 2. The first-order valence-electron chi connectivity index (χ1n) is 5.18. The van der Waals surface area contributed by atoms with Crippen LogP contribution in [0.4, 0.5) is 0 Å². The lowest BCUT2D eigenvalue weighted by Crippen LogP contribution is -1.94. The van der Waals surface area contributed by atoms with Gasteiger partial charge in [-0.25, -0.2) is 0 Å². The van der Waals surface area contributed by atoms with Crippen molar-refractivity contribution in [3.8, 4) is 11.5 Å². The van der Waals surface area contributed by atoms with Gasteiger partial charge in [0.15, 0.2) is 0 Å². The van der Waals surface area contributed by atoms with E-state index in [1.54, 1.807) is 0 Å². The summed E-state index contributed by atoms with van der Waals surface area (Å²) in [6.07, 6.45) is 0. The third-order valence-corrected chi connectivity index (χ3v) is 4.95. The van der Waals surface area contributed by atoms with Crippen LogP contribution in [0.3, 0.4) is 0 Å². The van der Waals surface area contributed by atoms with Crippen LogP contribution in [0.25, 0.3) is 0 Å². The fourth-order valence-corrected chi connectivity index (χ4v) is 3.70. The summed E-state index contributed by atoms with van der Waals surface area (Å²) < 4.78 is 13.2. The second kappa shape index (κ2) is 6.64. The van der Waals surface area contributed by atoms with Crippen LogP contribution in [-0.2, 0) is 11.8 Å². The summed E-state index contributed by atoms with van der Waals surface area (Å²) in [5, 5.41) is 0. The SMILES string of the molecule is S=P(S)(Oc1ccc(Br)cc1)Oc1ccc(Br)cc1. The standard InChI is InChI=1S/C12H9Br2O2PS2/c13-9-1-5-11(6-2-9)15-17(18,19)16-12-7-3-10(14)4-8-12/h1-8H,(H,18,19). The summed E-state index contributed by atoms with van der Waals surface area (Å²) in [6, 6.07) is 14.7. The van der Waals surface area contributed by atoms with Crippen LogP contribution in [0.5, 0.6) is 11.5 Å². The molecule has 0 aliphatic heterocycles. The van der Waals surface area contributed by atoms with Gasteiger partial charge in [-0.3, -0.25) is 0 Å². The molecular formula is C12H9Br2O2PS2. The van der Waals surface area contributed by atoms with Gasteiger partial charge in [-0.2, -0.15) is 0 Å². The lowest BCUT2D eigenvalue weighted by atomic mass is 10.3. The van der Waals surface area contributed by atoms with E-state index in [4.69, 9.17) is 20.9 Å². The zero-order chi connectivity index (χ0) is 13.9. The van der Waals surface area contributed by atoms with Crippen molar-refractivity contribution in [2.45, 2.75) is 0 Å². The average molecular weight is 440 g/mol. The Morgan fingerprint density at radius 2 is 1.11 bits per heavy atom. The lowest BCUT2D eigenvalue weighted by molar-refractivity contribution is 0.507. The van der Waals surface area contributed by atoms with E-state index in [0.29, 0.717) is 11.5 Å². The number of rotatable bonds is 4. The van der Waals surface area contributed by atoms with Gasteiger partial charge in [0.2, 0.25) is 0 Å². The summed E-state index contributed by atoms with van der Waals surface area (Å²) in [5.74, 6) is 1.28. The highest BCUT2D eigenvalue weighted by Crippen LogP contribution is 2.53. The molecule has 2 aromatic carbocycles. The maximum absolute atomic E-state index is 5.63. The molecule has 2 rings (SSSR count). The monoisotopic (exact) mass is 438 g/mol. The Balaban J connectivity index is 2.08. The van der Waals surface area contributed by atoms with E-state index in [-0.39, 0.29) is 0 Å². The molecule has 100 valence electrons. The van der Waals surface area contributed by atoms with Crippen LogP contribution >= 0.6 is 49.8 Å². The van der Waals surface area contributed by atoms with Crippen LogP contribution in [0.15, 0.2) is 57.5 Å². The second-order valence-corrected chi connectivity index (χ2v) is 10.5. The Morgan fingerprint density at radius 3 is 1.42 bits per heavy atom. The maximum atomic E-state index is 5.63. The van der Waals surface area contributed by atoms with E-state index < -0.39 is 5.69 Å². The van der Waals surface area contributed by atoms with Gasteiger partial charge in [0.05, 0.1) is 0 Å². The van der Waals surface area contributed by atoms with Crippen molar-refractivity contribution >= 4 is 61.6 Å². The van der Waals surface area contributed by atoms with Crippen molar-refractivity contribution in [1.82, 2.24) is 0 Å². The van der Waals surface area contributed by atoms with E-state index in [0.717, 1.165) is 8.95 Å². The topological polar surface area (TPSA) is 18.5 Å². The smallest absolute Gasteiger partial charge is 0.345 e. The fourth-order valence-electron chi connectivity index (χ4n) is 1.28. The Kier molecular flexibility index (Phi) is 5.37. The molecule has 0 spiro atoms. The molecule has 0 saturated carbocycles. The molecule has 0 unspecified atom stereocenters. The zero-order valence-electron chi connectivity index (χ0n) is 9.49. The van der Waals surface area contributed by atoms with Crippen molar-refractivity contribution in [2.24, 2.45) is 0 Å². The van der Waals surface area contributed by atoms with E-state index in [2.05, 4.69) is 44.1 Å². The van der Waals surface area contributed by atoms with Gasteiger partial charge in [0, 0.05) is 8.95 Å². The molecule has 0 amide bonds. The molecule has 19 heavy (non-hydrogen) atoms. The lowest BCUT2D eigenvalue weighted by Gasteiger charge is -2.18. The summed E-state index contributed by atoms with van der Waals surface area (Å²) in [5.41, 5.74) is -2.67. The molecule has 0 N–H and O–H groups in total. The average Bonchev–Trinajstić information content (AvgIpc) is 2.34. The summed E-state index contributed by atoms with van der Waals surface area (Å²) in [6.45, 7) is 0. The molecule has 0 bridgehead atoms. The van der Waals surface area contributed by atoms with Crippen molar-refractivity contribution < 1.29 is 9.05 Å². The molecule has 0 heterocycles. The van der Waals surface area contributed by atoms with Crippen LogP contribution < -0.4 is 9.05 Å². The second-order valence-electron chi connectivity index (χ2n) is 3.56. The van der Waals surface area contributed by atoms with Gasteiger partial charge in [0.1, 0.15) is 11.5 Å². The van der Waals surface area contributed by atoms with E-state index in [1.165, 1.54) is 0 Å². The highest BCUT2D eigenvalue weighted by Gasteiger charge is 2.16. The molecule has 0 saturated heterocycles. The van der Waals surface area contributed by atoms with Crippen molar-refractivity contribution in [1.29, 1.82) is 0 Å². The van der Waals surface area contributed by atoms with E-state index >= 15 is 0 Å². The van der Waals surface area contributed by atoms with Crippen LogP contribution in [0.2, 0.25) is 0 Å². The van der Waals surface area contributed by atoms with E-state index in [1.807, 2.05) is 48.5 Å². The molecule has 0 aromatic heterocycles. The van der Waals surface area contributed by atoms with Crippen molar-refractivity contribution in [2.75, 3.05) is 0 Å². The minimum atomic E-state index is -2.67. The van der Waals surface area contributed by atoms with Crippen LogP contribution in [0, 0.1) is 0 Å². The molecule has 0 atom stereocenters. The minimum absolute atomic E-state index is 0.638. The summed E-state index contributed by atoms with van der Waals surface area (Å²) in [7, 11) is 0. The Hall–Kier alpha value is -0.0000000000000000555. The zero-order valence-corrected chi connectivity index (χ0v) is 15.3. The molecular weight excluding hydrogens is 431 g/mol. The maximum Gasteiger partial charge on any atom is 0.345 e. The minimum Gasteiger partial charge on any atom is -0.428 e. The highest BCUT2D eigenvalue weighted by atomic mass is 79.9. The summed E-state index contributed by atoms with van der Waals surface area (Å²) >= 11 is 16.3. The number of hydrogen-bond donors (Lipinski definition) is 1. The van der Waals surface area contributed by atoms with Gasteiger partial charge in [0.25, 0.3) is 0 Å². The van der Waals surface area contributed by atoms with Gasteiger partial charge in [-0.1, -0.05) is 44.1 Å². The largest absolute Gasteiger partial charge is 0.428 e. The van der Waals surface area contributed by atoms with Gasteiger partial charge >= 0.3 is 5.69 Å².